The summed E-state index contributed by atoms with van der Waals surface area (Å²) in [6.07, 6.45) is 1.53. The quantitative estimate of drug-likeness (QED) is 0.415. The number of hydrogen-bond acceptors (Lipinski definition) is 6. The molecular weight excluding hydrogens is 452 g/mol. The summed E-state index contributed by atoms with van der Waals surface area (Å²) in [5.74, 6) is 0.0950. The van der Waals surface area contributed by atoms with Gasteiger partial charge in [-0.25, -0.2) is 4.98 Å². The lowest BCUT2D eigenvalue weighted by atomic mass is 10.1. The van der Waals surface area contributed by atoms with E-state index in [9.17, 15) is 14.4 Å². The Balaban J connectivity index is 1.81. The van der Waals surface area contributed by atoms with E-state index in [0.29, 0.717) is 26.8 Å². The van der Waals surface area contributed by atoms with Crippen LogP contribution in [0.25, 0.3) is 10.9 Å². The van der Waals surface area contributed by atoms with E-state index in [1.807, 2.05) is 20.8 Å². The fraction of sp³-hybridized carbons (Fsp3) is 0.364. The van der Waals surface area contributed by atoms with Gasteiger partial charge in [-0.1, -0.05) is 23.4 Å². The van der Waals surface area contributed by atoms with Gasteiger partial charge in [-0.3, -0.25) is 19.0 Å². The number of fused-ring (bicyclic) bond motifs is 1. The third-order valence-corrected chi connectivity index (χ3v) is 5.62. The van der Waals surface area contributed by atoms with Crippen LogP contribution in [-0.4, -0.2) is 51.1 Å². The molecule has 3 rings (SSSR count). The van der Waals surface area contributed by atoms with Crippen molar-refractivity contribution in [2.75, 3.05) is 19.3 Å². The molecule has 8 nitrogen and oxygen atoms in total. The molecule has 1 aromatic carbocycles. The zero-order valence-electron chi connectivity index (χ0n) is 18.3. The Labute approximate surface area is 194 Å². The maximum atomic E-state index is 13.1. The number of benzene rings is 1. The summed E-state index contributed by atoms with van der Waals surface area (Å²) >= 11 is 7.20. The summed E-state index contributed by atoms with van der Waals surface area (Å²) in [4.78, 5) is 43.8. The number of amides is 2. The van der Waals surface area contributed by atoms with Crippen LogP contribution in [0.5, 0.6) is 0 Å². The largest absolute Gasteiger partial charge is 0.467 e. The van der Waals surface area contributed by atoms with Gasteiger partial charge < -0.3 is 14.6 Å². The number of halogens is 1. The van der Waals surface area contributed by atoms with E-state index in [0.717, 1.165) is 11.8 Å². The van der Waals surface area contributed by atoms with E-state index >= 15 is 0 Å². The van der Waals surface area contributed by atoms with Crippen LogP contribution in [0.3, 0.4) is 0 Å². The summed E-state index contributed by atoms with van der Waals surface area (Å²) < 4.78 is 6.86. The third-order valence-electron chi connectivity index (χ3n) is 4.42. The van der Waals surface area contributed by atoms with Gasteiger partial charge in [-0.2, -0.15) is 0 Å². The Morgan fingerprint density at radius 2 is 2.03 bits per heavy atom. The number of carbonyl (C=O) groups is 2. The topological polar surface area (TPSA) is 97.4 Å². The van der Waals surface area contributed by atoms with Gasteiger partial charge in [-0.05, 0) is 51.1 Å². The van der Waals surface area contributed by atoms with Gasteiger partial charge in [0.1, 0.15) is 5.76 Å². The molecule has 2 aromatic heterocycles. The van der Waals surface area contributed by atoms with Gasteiger partial charge in [0, 0.05) is 17.6 Å². The highest BCUT2D eigenvalue weighted by Crippen LogP contribution is 2.21. The van der Waals surface area contributed by atoms with Crippen molar-refractivity contribution >= 4 is 46.1 Å². The molecule has 1 N–H and O–H groups in total. The smallest absolute Gasteiger partial charge is 0.262 e. The van der Waals surface area contributed by atoms with Gasteiger partial charge in [0.2, 0.25) is 11.8 Å². The van der Waals surface area contributed by atoms with Crippen molar-refractivity contribution in [3.05, 3.63) is 57.7 Å². The summed E-state index contributed by atoms with van der Waals surface area (Å²) in [5.41, 5.74) is -0.185. The summed E-state index contributed by atoms with van der Waals surface area (Å²) in [7, 11) is 1.56. The van der Waals surface area contributed by atoms with Crippen LogP contribution in [-0.2, 0) is 16.1 Å². The standard InChI is InChI=1S/C22H25ClN4O4S/c1-22(2,3)25-18(28)12-26(4)19(29)13-32-21-24-17-10-14(23)7-8-16(17)20(30)27(21)11-15-6-5-9-31-15/h5-10H,11-13H2,1-4H3,(H,25,28). The van der Waals surface area contributed by atoms with Crippen LogP contribution in [0.2, 0.25) is 5.02 Å². The Kier molecular flexibility index (Phi) is 7.30. The number of hydrogen-bond donors (Lipinski definition) is 1. The molecule has 170 valence electrons. The number of nitrogens with zero attached hydrogens (tertiary/aromatic N) is 3. The zero-order chi connectivity index (χ0) is 23.5. The molecule has 0 atom stereocenters. The van der Waals surface area contributed by atoms with Gasteiger partial charge in [0.05, 0.1) is 36.0 Å². The summed E-state index contributed by atoms with van der Waals surface area (Å²) in [6.45, 7) is 5.74. The molecule has 0 saturated carbocycles. The zero-order valence-corrected chi connectivity index (χ0v) is 19.9. The fourth-order valence-corrected chi connectivity index (χ4v) is 4.09. The van der Waals surface area contributed by atoms with E-state index in [-0.39, 0.29) is 41.8 Å². The number of likely N-dealkylation sites (N-methyl/N-ethyl adjacent to an activating group) is 1. The highest BCUT2D eigenvalue weighted by Gasteiger charge is 2.20. The molecule has 3 aromatic rings. The second kappa shape index (κ2) is 9.79. The van der Waals surface area contributed by atoms with Crippen LogP contribution < -0.4 is 10.9 Å². The Morgan fingerprint density at radius 1 is 1.28 bits per heavy atom. The molecule has 0 saturated heterocycles. The lowest BCUT2D eigenvalue weighted by Gasteiger charge is -2.23. The number of furan rings is 1. The van der Waals surface area contributed by atoms with E-state index in [4.69, 9.17) is 16.0 Å². The van der Waals surface area contributed by atoms with Gasteiger partial charge in [-0.15, -0.1) is 0 Å². The summed E-state index contributed by atoms with van der Waals surface area (Å²) in [5, 5.41) is 4.07. The third kappa shape index (κ3) is 6.14. The van der Waals surface area contributed by atoms with Crippen molar-refractivity contribution in [1.29, 1.82) is 0 Å². The number of rotatable bonds is 7. The van der Waals surface area contributed by atoms with Crippen molar-refractivity contribution in [3.63, 3.8) is 0 Å². The lowest BCUT2D eigenvalue weighted by molar-refractivity contribution is -0.133. The minimum Gasteiger partial charge on any atom is -0.467 e. The Bertz CT molecular complexity index is 1190. The minimum atomic E-state index is -0.381. The Morgan fingerprint density at radius 3 is 2.69 bits per heavy atom. The van der Waals surface area contributed by atoms with Gasteiger partial charge in [0.25, 0.3) is 5.56 Å². The number of thioether (sulfide) groups is 1. The van der Waals surface area contributed by atoms with Crippen molar-refractivity contribution in [1.82, 2.24) is 19.8 Å². The highest BCUT2D eigenvalue weighted by molar-refractivity contribution is 7.99. The maximum Gasteiger partial charge on any atom is 0.262 e. The SMILES string of the molecule is CN(CC(=O)NC(C)(C)C)C(=O)CSc1nc2cc(Cl)ccc2c(=O)n1Cc1ccco1. The fourth-order valence-electron chi connectivity index (χ4n) is 2.98. The molecule has 2 heterocycles. The molecule has 0 aliphatic carbocycles. The van der Waals surface area contributed by atoms with Crippen LogP contribution in [0.4, 0.5) is 0 Å². The first-order valence-electron chi connectivity index (χ1n) is 9.94. The average molecular weight is 477 g/mol. The Hall–Kier alpha value is -2.78. The lowest BCUT2D eigenvalue weighted by Crippen LogP contribution is -2.46. The van der Waals surface area contributed by atoms with Gasteiger partial charge >= 0.3 is 0 Å². The summed E-state index contributed by atoms with van der Waals surface area (Å²) in [6, 6.07) is 8.39. The first-order valence-corrected chi connectivity index (χ1v) is 11.3. The van der Waals surface area contributed by atoms with Gasteiger partial charge in [0.15, 0.2) is 5.16 Å². The molecular formula is C22H25ClN4O4S. The number of aromatic nitrogens is 2. The molecule has 0 fully saturated rings. The molecule has 0 spiro atoms. The van der Waals surface area contributed by atoms with E-state index < -0.39 is 0 Å². The second-order valence-electron chi connectivity index (χ2n) is 8.36. The first-order chi connectivity index (χ1) is 15.0. The van der Waals surface area contributed by atoms with Crippen LogP contribution in [0, 0.1) is 0 Å². The number of nitrogens with one attached hydrogen (secondary N) is 1. The van der Waals surface area contributed by atoms with Crippen molar-refractivity contribution in [3.8, 4) is 0 Å². The molecule has 32 heavy (non-hydrogen) atoms. The van der Waals surface area contributed by atoms with E-state index in [1.165, 1.54) is 15.7 Å². The molecule has 0 bridgehead atoms. The van der Waals surface area contributed by atoms with Crippen molar-refractivity contribution in [2.45, 2.75) is 38.0 Å². The normalized spacial score (nSPS) is 11.5. The molecule has 2 amide bonds. The predicted octanol–water partition coefficient (Wildman–Crippen LogP) is 3.16. The maximum absolute atomic E-state index is 13.1. The first kappa shape index (κ1) is 23.9. The van der Waals surface area contributed by atoms with Crippen LogP contribution in [0.1, 0.15) is 26.5 Å². The van der Waals surface area contributed by atoms with Crippen LogP contribution >= 0.6 is 23.4 Å². The van der Waals surface area contributed by atoms with E-state index in [2.05, 4.69) is 10.3 Å². The molecule has 0 radical (unpaired) electrons. The van der Waals surface area contributed by atoms with Crippen molar-refractivity contribution < 1.29 is 14.0 Å². The van der Waals surface area contributed by atoms with E-state index in [1.54, 1.807) is 37.4 Å². The highest BCUT2D eigenvalue weighted by atomic mass is 35.5. The molecule has 10 heteroatoms. The van der Waals surface area contributed by atoms with Crippen molar-refractivity contribution in [2.24, 2.45) is 0 Å². The molecule has 0 aliphatic heterocycles. The number of carbonyl (C=O) groups excluding carboxylic acids is 2. The second-order valence-corrected chi connectivity index (χ2v) is 9.74. The molecule has 0 aliphatic rings. The predicted molar refractivity (Wildman–Crippen MR) is 125 cm³/mol. The molecule has 0 unspecified atom stereocenters. The monoisotopic (exact) mass is 476 g/mol. The average Bonchev–Trinajstić information content (AvgIpc) is 3.20. The van der Waals surface area contributed by atoms with Crippen LogP contribution in [0.15, 0.2) is 51.0 Å². The minimum absolute atomic E-state index is 0.00989.